The summed E-state index contributed by atoms with van der Waals surface area (Å²) in [5.41, 5.74) is 1.62. The van der Waals surface area contributed by atoms with Crippen LogP contribution in [0.5, 0.6) is 0 Å². The third kappa shape index (κ3) is 4.53. The molecular weight excluding hydrogens is 286 g/mol. The highest BCUT2D eigenvalue weighted by molar-refractivity contribution is 7.89. The molecule has 0 spiro atoms. The Morgan fingerprint density at radius 1 is 1.19 bits per heavy atom. The highest BCUT2D eigenvalue weighted by Crippen LogP contribution is 2.30. The summed E-state index contributed by atoms with van der Waals surface area (Å²) >= 11 is 0. The van der Waals surface area contributed by atoms with E-state index in [9.17, 15) is 13.5 Å². The second-order valence-corrected chi connectivity index (χ2v) is 7.51. The topological polar surface area (TPSA) is 66.4 Å². The standard InChI is InChI=1S/C16H27NO3S/c1-5-16(6-2,9-10-18)12-17-21(19,20)15-8-7-13(3)11-14(15)4/h7-8,11,17-18H,5-6,9-10,12H2,1-4H3. The zero-order valence-electron chi connectivity index (χ0n) is 13.4. The van der Waals surface area contributed by atoms with Crippen molar-refractivity contribution in [2.45, 2.75) is 51.9 Å². The summed E-state index contributed by atoms with van der Waals surface area (Å²) in [5.74, 6) is 0. The van der Waals surface area contributed by atoms with Crippen LogP contribution in [0.1, 0.15) is 44.2 Å². The molecule has 0 heterocycles. The monoisotopic (exact) mass is 313 g/mol. The number of hydrogen-bond donors (Lipinski definition) is 2. The van der Waals surface area contributed by atoms with E-state index in [4.69, 9.17) is 0 Å². The van der Waals surface area contributed by atoms with Gasteiger partial charge < -0.3 is 5.11 Å². The first-order chi connectivity index (χ1) is 9.80. The van der Waals surface area contributed by atoms with Crippen LogP contribution in [-0.4, -0.2) is 26.7 Å². The van der Waals surface area contributed by atoms with Crippen LogP contribution < -0.4 is 4.72 Å². The fourth-order valence-electron chi connectivity index (χ4n) is 2.61. The predicted octanol–water partition coefficient (Wildman–Crippen LogP) is 2.77. The average Bonchev–Trinajstić information content (AvgIpc) is 2.43. The molecule has 0 aliphatic rings. The molecule has 2 N–H and O–H groups in total. The predicted molar refractivity (Wildman–Crippen MR) is 85.8 cm³/mol. The van der Waals surface area contributed by atoms with Crippen molar-refractivity contribution in [1.82, 2.24) is 4.72 Å². The number of rotatable bonds is 8. The molecule has 1 aromatic carbocycles. The average molecular weight is 313 g/mol. The van der Waals surface area contributed by atoms with Gasteiger partial charge in [-0.2, -0.15) is 0 Å². The molecule has 0 fully saturated rings. The lowest BCUT2D eigenvalue weighted by Crippen LogP contribution is -2.37. The quantitative estimate of drug-likeness (QED) is 0.775. The van der Waals surface area contributed by atoms with Crippen molar-refractivity contribution < 1.29 is 13.5 Å². The van der Waals surface area contributed by atoms with Gasteiger partial charge in [0.25, 0.3) is 0 Å². The van der Waals surface area contributed by atoms with Crippen LogP contribution in [0, 0.1) is 19.3 Å². The van der Waals surface area contributed by atoms with Crippen LogP contribution in [0.4, 0.5) is 0 Å². The van der Waals surface area contributed by atoms with Crippen molar-refractivity contribution in [3.8, 4) is 0 Å². The van der Waals surface area contributed by atoms with E-state index < -0.39 is 10.0 Å². The minimum Gasteiger partial charge on any atom is -0.396 e. The number of hydrogen-bond acceptors (Lipinski definition) is 3. The van der Waals surface area contributed by atoms with Gasteiger partial charge in [-0.25, -0.2) is 13.1 Å². The molecular formula is C16H27NO3S. The minimum atomic E-state index is -3.51. The highest BCUT2D eigenvalue weighted by atomic mass is 32.2. The number of aryl methyl sites for hydroxylation is 2. The van der Waals surface area contributed by atoms with E-state index in [0.717, 1.165) is 24.0 Å². The van der Waals surface area contributed by atoms with Gasteiger partial charge in [0.15, 0.2) is 0 Å². The van der Waals surface area contributed by atoms with Gasteiger partial charge in [0.05, 0.1) is 4.90 Å². The summed E-state index contributed by atoms with van der Waals surface area (Å²) in [4.78, 5) is 0.332. The van der Waals surface area contributed by atoms with Gasteiger partial charge in [-0.05, 0) is 50.2 Å². The molecule has 0 saturated carbocycles. The summed E-state index contributed by atoms with van der Waals surface area (Å²) in [5, 5.41) is 9.21. The molecule has 5 heteroatoms. The molecule has 0 saturated heterocycles. The Balaban J connectivity index is 2.94. The molecule has 0 aromatic heterocycles. The van der Waals surface area contributed by atoms with E-state index in [2.05, 4.69) is 4.72 Å². The van der Waals surface area contributed by atoms with Crippen molar-refractivity contribution in [3.05, 3.63) is 29.3 Å². The lowest BCUT2D eigenvalue weighted by atomic mass is 9.80. The lowest BCUT2D eigenvalue weighted by molar-refractivity contribution is 0.170. The number of benzene rings is 1. The third-order valence-corrected chi connectivity index (χ3v) is 5.96. The van der Waals surface area contributed by atoms with Crippen molar-refractivity contribution in [3.63, 3.8) is 0 Å². The highest BCUT2D eigenvalue weighted by Gasteiger charge is 2.28. The Morgan fingerprint density at radius 3 is 2.29 bits per heavy atom. The van der Waals surface area contributed by atoms with E-state index in [1.807, 2.05) is 39.8 Å². The van der Waals surface area contributed by atoms with E-state index in [1.54, 1.807) is 6.07 Å². The minimum absolute atomic E-state index is 0.0764. The molecule has 0 atom stereocenters. The zero-order chi connectivity index (χ0) is 16.1. The Morgan fingerprint density at radius 2 is 1.81 bits per heavy atom. The molecule has 0 unspecified atom stereocenters. The van der Waals surface area contributed by atoms with Crippen molar-refractivity contribution in [2.24, 2.45) is 5.41 Å². The normalized spacial score (nSPS) is 12.6. The molecule has 4 nitrogen and oxygen atoms in total. The van der Waals surface area contributed by atoms with Crippen LogP contribution in [0.25, 0.3) is 0 Å². The van der Waals surface area contributed by atoms with Crippen LogP contribution in [0.3, 0.4) is 0 Å². The Bertz CT molecular complexity index is 563. The number of aliphatic hydroxyl groups excluding tert-OH is 1. The summed E-state index contributed by atoms with van der Waals surface area (Å²) in [7, 11) is -3.51. The van der Waals surface area contributed by atoms with Gasteiger partial charge in [0.2, 0.25) is 10.0 Å². The van der Waals surface area contributed by atoms with Crippen LogP contribution in [0.2, 0.25) is 0 Å². The van der Waals surface area contributed by atoms with Gasteiger partial charge in [-0.1, -0.05) is 31.5 Å². The SMILES string of the molecule is CCC(CC)(CCO)CNS(=O)(=O)c1ccc(C)cc1C. The summed E-state index contributed by atoms with van der Waals surface area (Å²) in [6.07, 6.45) is 2.27. The van der Waals surface area contributed by atoms with Crippen molar-refractivity contribution in [2.75, 3.05) is 13.2 Å². The molecule has 120 valence electrons. The summed E-state index contributed by atoms with van der Waals surface area (Å²) in [6.45, 7) is 8.25. The Labute approximate surface area is 128 Å². The lowest BCUT2D eigenvalue weighted by Gasteiger charge is -2.31. The first kappa shape index (κ1) is 18.1. The molecule has 0 amide bonds. The van der Waals surface area contributed by atoms with E-state index in [0.29, 0.717) is 17.9 Å². The van der Waals surface area contributed by atoms with Gasteiger partial charge in [-0.15, -0.1) is 0 Å². The third-order valence-electron chi connectivity index (χ3n) is 4.40. The van der Waals surface area contributed by atoms with Gasteiger partial charge in [-0.3, -0.25) is 0 Å². The number of aliphatic hydroxyl groups is 1. The van der Waals surface area contributed by atoms with E-state index in [-0.39, 0.29) is 12.0 Å². The number of nitrogens with one attached hydrogen (secondary N) is 1. The maximum Gasteiger partial charge on any atom is 0.240 e. The van der Waals surface area contributed by atoms with Crippen molar-refractivity contribution >= 4 is 10.0 Å². The van der Waals surface area contributed by atoms with Crippen LogP contribution in [0.15, 0.2) is 23.1 Å². The molecule has 0 aliphatic carbocycles. The maximum absolute atomic E-state index is 12.5. The summed E-state index contributed by atoms with van der Waals surface area (Å²) < 4.78 is 27.7. The fraction of sp³-hybridized carbons (Fsp3) is 0.625. The zero-order valence-corrected chi connectivity index (χ0v) is 14.3. The largest absolute Gasteiger partial charge is 0.396 e. The summed E-state index contributed by atoms with van der Waals surface area (Å²) in [6, 6.07) is 5.33. The molecule has 0 aliphatic heterocycles. The second-order valence-electron chi connectivity index (χ2n) is 5.77. The van der Waals surface area contributed by atoms with E-state index in [1.165, 1.54) is 0 Å². The molecule has 1 rings (SSSR count). The second kappa shape index (κ2) is 7.38. The Kier molecular flexibility index (Phi) is 6.38. The van der Waals surface area contributed by atoms with Gasteiger partial charge in [0, 0.05) is 13.2 Å². The molecule has 1 aromatic rings. The Hall–Kier alpha value is -0.910. The van der Waals surface area contributed by atoms with Crippen molar-refractivity contribution in [1.29, 1.82) is 0 Å². The van der Waals surface area contributed by atoms with Gasteiger partial charge >= 0.3 is 0 Å². The van der Waals surface area contributed by atoms with Gasteiger partial charge in [0.1, 0.15) is 0 Å². The number of sulfonamides is 1. The van der Waals surface area contributed by atoms with E-state index >= 15 is 0 Å². The fourth-order valence-corrected chi connectivity index (χ4v) is 3.99. The maximum atomic E-state index is 12.5. The van der Waals surface area contributed by atoms with Crippen LogP contribution in [-0.2, 0) is 10.0 Å². The first-order valence-electron chi connectivity index (χ1n) is 7.48. The smallest absolute Gasteiger partial charge is 0.240 e. The first-order valence-corrected chi connectivity index (χ1v) is 8.96. The van der Waals surface area contributed by atoms with Crippen LogP contribution >= 0.6 is 0 Å². The molecule has 0 bridgehead atoms. The molecule has 0 radical (unpaired) electrons. The molecule has 21 heavy (non-hydrogen) atoms.